The van der Waals surface area contributed by atoms with E-state index in [-0.39, 0.29) is 5.56 Å². The van der Waals surface area contributed by atoms with Crippen molar-refractivity contribution in [2.45, 2.75) is 25.4 Å². The summed E-state index contributed by atoms with van der Waals surface area (Å²) in [5.74, 6) is -1.07. The summed E-state index contributed by atoms with van der Waals surface area (Å²) in [5.41, 5.74) is 3.84. The van der Waals surface area contributed by atoms with Gasteiger partial charge in [0.1, 0.15) is 0 Å². The number of rotatable bonds is 6. The first-order valence-electron chi connectivity index (χ1n) is 5.82. The highest BCUT2D eigenvalue weighted by Gasteiger charge is 2.35. The largest absolute Gasteiger partial charge is 0.417 e. The predicted octanol–water partition coefficient (Wildman–Crippen LogP) is 3.71. The molecule has 0 fully saturated rings. The van der Waals surface area contributed by atoms with Crippen LogP contribution in [0.4, 0.5) is 13.2 Å². The van der Waals surface area contributed by atoms with Crippen molar-refractivity contribution in [2.24, 2.45) is 5.73 Å². The van der Waals surface area contributed by atoms with Crippen molar-refractivity contribution < 1.29 is 18.0 Å². The van der Waals surface area contributed by atoms with Gasteiger partial charge in [-0.2, -0.15) is 13.2 Å². The summed E-state index contributed by atoms with van der Waals surface area (Å²) in [6.07, 6.45) is 0.829. The lowest BCUT2D eigenvalue weighted by Gasteiger charge is -2.14. The SMILES string of the molecule is C=CCCC[CH]c1cccc(C(F)(F)F)c1C(N)=O. The number of hydrogen-bond donors (Lipinski definition) is 1. The molecule has 0 unspecified atom stereocenters. The third-order valence-corrected chi connectivity index (χ3v) is 2.63. The second kappa shape index (κ2) is 6.41. The number of halogens is 3. The van der Waals surface area contributed by atoms with Crippen LogP contribution in [0, 0.1) is 6.42 Å². The Kier molecular flexibility index (Phi) is 5.15. The van der Waals surface area contributed by atoms with Crippen LogP contribution in [0.1, 0.15) is 40.7 Å². The highest BCUT2D eigenvalue weighted by Crippen LogP contribution is 2.33. The van der Waals surface area contributed by atoms with E-state index in [4.69, 9.17) is 5.73 Å². The Hall–Kier alpha value is -1.78. The second-order valence-electron chi connectivity index (χ2n) is 4.06. The van der Waals surface area contributed by atoms with Gasteiger partial charge in [0, 0.05) is 0 Å². The zero-order valence-corrected chi connectivity index (χ0v) is 10.3. The maximum atomic E-state index is 12.8. The third kappa shape index (κ3) is 4.12. The summed E-state index contributed by atoms with van der Waals surface area (Å²) in [7, 11) is 0. The standard InChI is InChI=1S/C14H15F3NO/c1-2-3-4-5-7-10-8-6-9-11(14(15,16)17)12(10)13(18)19/h2,6-9H,1,3-5H2,(H2,18,19). The minimum atomic E-state index is -4.59. The van der Waals surface area contributed by atoms with Crippen molar-refractivity contribution in [2.75, 3.05) is 0 Å². The first-order chi connectivity index (χ1) is 8.88. The molecule has 19 heavy (non-hydrogen) atoms. The second-order valence-corrected chi connectivity index (χ2v) is 4.06. The zero-order chi connectivity index (χ0) is 14.5. The molecule has 1 aromatic rings. The number of amides is 1. The summed E-state index contributed by atoms with van der Waals surface area (Å²) in [4.78, 5) is 11.3. The predicted molar refractivity (Wildman–Crippen MR) is 67.4 cm³/mol. The van der Waals surface area contributed by atoms with Crippen molar-refractivity contribution in [1.82, 2.24) is 0 Å². The van der Waals surface area contributed by atoms with Crippen LogP contribution in [0.15, 0.2) is 30.9 Å². The normalized spacial score (nSPS) is 11.3. The van der Waals surface area contributed by atoms with Crippen LogP contribution in [-0.2, 0) is 6.18 Å². The van der Waals surface area contributed by atoms with Gasteiger partial charge >= 0.3 is 6.18 Å². The number of alkyl halides is 3. The Morgan fingerprint density at radius 2 is 2.00 bits per heavy atom. The van der Waals surface area contributed by atoms with Gasteiger partial charge in [-0.1, -0.05) is 18.2 Å². The maximum absolute atomic E-state index is 12.8. The van der Waals surface area contributed by atoms with Crippen molar-refractivity contribution in [3.8, 4) is 0 Å². The van der Waals surface area contributed by atoms with Gasteiger partial charge in [0.15, 0.2) is 0 Å². The lowest BCUT2D eigenvalue weighted by molar-refractivity contribution is -0.137. The van der Waals surface area contributed by atoms with E-state index in [1.165, 1.54) is 12.1 Å². The Bertz CT molecular complexity index is 466. The zero-order valence-electron chi connectivity index (χ0n) is 10.3. The van der Waals surface area contributed by atoms with Gasteiger partial charge in [-0.15, -0.1) is 6.58 Å². The lowest BCUT2D eigenvalue weighted by Crippen LogP contribution is -2.20. The highest BCUT2D eigenvalue weighted by molar-refractivity contribution is 5.96. The van der Waals surface area contributed by atoms with Crippen LogP contribution in [0.25, 0.3) is 0 Å². The molecule has 0 spiro atoms. The molecule has 2 nitrogen and oxygen atoms in total. The molecule has 0 aliphatic heterocycles. The molecule has 0 saturated carbocycles. The first kappa shape index (κ1) is 15.3. The molecule has 0 atom stereocenters. The van der Waals surface area contributed by atoms with Crippen LogP contribution in [0.5, 0.6) is 0 Å². The quantitative estimate of drug-likeness (QED) is 0.621. The molecule has 1 aromatic carbocycles. The van der Waals surface area contributed by atoms with E-state index in [9.17, 15) is 18.0 Å². The van der Waals surface area contributed by atoms with Crippen LogP contribution < -0.4 is 5.73 Å². The minimum Gasteiger partial charge on any atom is -0.366 e. The highest BCUT2D eigenvalue weighted by atomic mass is 19.4. The molecule has 1 radical (unpaired) electrons. The van der Waals surface area contributed by atoms with Gasteiger partial charge in [-0.3, -0.25) is 4.79 Å². The summed E-state index contributed by atoms with van der Waals surface area (Å²) < 4.78 is 38.4. The molecule has 0 aliphatic carbocycles. The topological polar surface area (TPSA) is 43.1 Å². The van der Waals surface area contributed by atoms with E-state index in [1.54, 1.807) is 12.5 Å². The molecule has 2 N–H and O–H groups in total. The van der Waals surface area contributed by atoms with E-state index in [1.807, 2.05) is 0 Å². The molecule has 1 rings (SSSR count). The monoisotopic (exact) mass is 270 g/mol. The molecular formula is C14H15F3NO. The Morgan fingerprint density at radius 1 is 1.32 bits per heavy atom. The number of carbonyl (C=O) groups is 1. The molecule has 0 aliphatic rings. The van der Waals surface area contributed by atoms with Crippen LogP contribution in [0.3, 0.4) is 0 Å². The van der Waals surface area contributed by atoms with E-state index in [0.717, 1.165) is 18.9 Å². The summed E-state index contributed by atoms with van der Waals surface area (Å²) >= 11 is 0. The molecule has 1 amide bonds. The molecule has 103 valence electrons. The van der Waals surface area contributed by atoms with E-state index >= 15 is 0 Å². The number of allylic oxidation sites excluding steroid dienone is 1. The summed E-state index contributed by atoms with van der Waals surface area (Å²) in [5, 5.41) is 0. The number of carbonyl (C=O) groups excluding carboxylic acids is 1. The molecule has 0 bridgehead atoms. The van der Waals surface area contributed by atoms with E-state index in [0.29, 0.717) is 6.42 Å². The molecule has 0 aromatic heterocycles. The van der Waals surface area contributed by atoms with Crippen LogP contribution in [-0.4, -0.2) is 5.91 Å². The molecular weight excluding hydrogens is 255 g/mol. The van der Waals surface area contributed by atoms with E-state index in [2.05, 4.69) is 6.58 Å². The van der Waals surface area contributed by atoms with Gasteiger partial charge in [-0.25, -0.2) is 0 Å². The number of primary amides is 1. The fourth-order valence-electron chi connectivity index (χ4n) is 1.77. The lowest BCUT2D eigenvalue weighted by atomic mass is 9.96. The van der Waals surface area contributed by atoms with Gasteiger partial charge in [-0.05, 0) is 37.3 Å². The smallest absolute Gasteiger partial charge is 0.366 e. The summed E-state index contributed by atoms with van der Waals surface area (Å²) in [6.45, 7) is 3.56. The summed E-state index contributed by atoms with van der Waals surface area (Å²) in [6, 6.07) is 3.60. The van der Waals surface area contributed by atoms with Crippen molar-refractivity contribution >= 4 is 5.91 Å². The number of hydrogen-bond acceptors (Lipinski definition) is 1. The fourth-order valence-corrected chi connectivity index (χ4v) is 1.77. The fraction of sp³-hybridized carbons (Fsp3) is 0.286. The van der Waals surface area contributed by atoms with Gasteiger partial charge < -0.3 is 5.73 Å². The maximum Gasteiger partial charge on any atom is 0.417 e. The average molecular weight is 270 g/mol. The van der Waals surface area contributed by atoms with Gasteiger partial charge in [0.2, 0.25) is 5.91 Å². The number of unbranched alkanes of at least 4 members (excludes halogenated alkanes) is 2. The minimum absolute atomic E-state index is 0.228. The van der Waals surface area contributed by atoms with Crippen molar-refractivity contribution in [3.63, 3.8) is 0 Å². The number of benzene rings is 1. The Labute approximate surface area is 110 Å². The third-order valence-electron chi connectivity index (χ3n) is 2.63. The molecule has 0 saturated heterocycles. The van der Waals surface area contributed by atoms with Gasteiger partial charge in [0.05, 0.1) is 11.1 Å². The van der Waals surface area contributed by atoms with Gasteiger partial charge in [0.25, 0.3) is 0 Å². The Morgan fingerprint density at radius 3 is 2.53 bits per heavy atom. The van der Waals surface area contributed by atoms with Crippen molar-refractivity contribution in [3.05, 3.63) is 54.0 Å². The Balaban J connectivity index is 3.04. The van der Waals surface area contributed by atoms with Crippen LogP contribution >= 0.6 is 0 Å². The van der Waals surface area contributed by atoms with Crippen LogP contribution in [0.2, 0.25) is 0 Å². The molecule has 0 heterocycles. The van der Waals surface area contributed by atoms with E-state index < -0.39 is 23.2 Å². The number of nitrogens with two attached hydrogens (primary N) is 1. The molecule has 5 heteroatoms. The average Bonchev–Trinajstić information content (AvgIpc) is 2.33. The van der Waals surface area contributed by atoms with Crippen molar-refractivity contribution in [1.29, 1.82) is 0 Å². The first-order valence-corrected chi connectivity index (χ1v) is 5.82.